The minimum Gasteiger partial charge on any atom is -0.459 e. The zero-order chi connectivity index (χ0) is 16.4. The number of nitrogens with zero attached hydrogens (tertiary/aromatic N) is 2. The monoisotopic (exact) mass is 321 g/mol. The van der Waals surface area contributed by atoms with Crippen LogP contribution in [0.25, 0.3) is 0 Å². The Labute approximate surface area is 132 Å². The summed E-state index contributed by atoms with van der Waals surface area (Å²) in [6.45, 7) is 7.03. The van der Waals surface area contributed by atoms with E-state index in [0.29, 0.717) is 27.3 Å². The fourth-order valence-corrected chi connectivity index (χ4v) is 2.85. The number of carbonyl (C=O) groups is 2. The summed E-state index contributed by atoms with van der Waals surface area (Å²) in [6, 6.07) is 0. The molecule has 0 aliphatic carbocycles. The fraction of sp³-hybridized carbons (Fsp3) is 0.400. The standard InChI is InChI=1S/C15H19N3O3S/c1-8(2)21-14(20)11-9(3)12(16-10(11)4)13(19)17-15-18(5)6-7-22-15/h6-8,16H,1-5H3. The van der Waals surface area contributed by atoms with Gasteiger partial charge in [0.25, 0.3) is 5.91 Å². The van der Waals surface area contributed by atoms with Crippen molar-refractivity contribution in [2.24, 2.45) is 12.0 Å². The van der Waals surface area contributed by atoms with E-state index in [0.717, 1.165) is 0 Å². The van der Waals surface area contributed by atoms with E-state index in [1.165, 1.54) is 11.3 Å². The fourth-order valence-electron chi connectivity index (χ4n) is 2.12. The van der Waals surface area contributed by atoms with Crippen molar-refractivity contribution in [1.29, 1.82) is 0 Å². The Morgan fingerprint density at radius 1 is 1.36 bits per heavy atom. The summed E-state index contributed by atoms with van der Waals surface area (Å²) in [7, 11) is 1.82. The predicted molar refractivity (Wildman–Crippen MR) is 84.0 cm³/mol. The Kier molecular flexibility index (Phi) is 4.65. The summed E-state index contributed by atoms with van der Waals surface area (Å²) in [4.78, 5) is 32.1. The maximum absolute atomic E-state index is 12.3. The van der Waals surface area contributed by atoms with Crippen LogP contribution in [0.5, 0.6) is 0 Å². The van der Waals surface area contributed by atoms with E-state index >= 15 is 0 Å². The summed E-state index contributed by atoms with van der Waals surface area (Å²) in [6.07, 6.45) is 1.62. The van der Waals surface area contributed by atoms with Gasteiger partial charge in [-0.25, -0.2) is 4.79 Å². The van der Waals surface area contributed by atoms with E-state index in [-0.39, 0.29) is 6.10 Å². The second-order valence-corrected chi connectivity index (χ2v) is 6.17. The first kappa shape index (κ1) is 16.2. The maximum atomic E-state index is 12.3. The number of rotatable bonds is 3. The number of thiazole rings is 1. The van der Waals surface area contributed by atoms with Crippen molar-refractivity contribution >= 4 is 23.2 Å². The molecule has 22 heavy (non-hydrogen) atoms. The molecule has 118 valence electrons. The van der Waals surface area contributed by atoms with Gasteiger partial charge in [-0.2, -0.15) is 4.99 Å². The third-order valence-corrected chi connectivity index (χ3v) is 4.00. The van der Waals surface area contributed by atoms with Gasteiger partial charge in [0.15, 0.2) is 4.80 Å². The zero-order valence-electron chi connectivity index (χ0n) is 13.3. The minimum atomic E-state index is -0.429. The van der Waals surface area contributed by atoms with E-state index in [9.17, 15) is 9.59 Å². The zero-order valence-corrected chi connectivity index (χ0v) is 14.1. The number of H-pyrrole nitrogens is 1. The van der Waals surface area contributed by atoms with Crippen LogP contribution in [-0.2, 0) is 11.8 Å². The highest BCUT2D eigenvalue weighted by Crippen LogP contribution is 2.20. The third-order valence-electron chi connectivity index (χ3n) is 3.16. The Morgan fingerprint density at radius 3 is 2.59 bits per heavy atom. The second-order valence-electron chi connectivity index (χ2n) is 5.29. The van der Waals surface area contributed by atoms with Gasteiger partial charge in [-0.05, 0) is 33.3 Å². The molecule has 0 aromatic carbocycles. The molecule has 0 aliphatic rings. The first-order valence-corrected chi connectivity index (χ1v) is 7.78. The number of hydrogen-bond donors (Lipinski definition) is 1. The van der Waals surface area contributed by atoms with Crippen molar-refractivity contribution < 1.29 is 14.3 Å². The lowest BCUT2D eigenvalue weighted by Crippen LogP contribution is -2.14. The molecule has 0 fully saturated rings. The third kappa shape index (κ3) is 3.19. The van der Waals surface area contributed by atoms with Gasteiger partial charge < -0.3 is 14.3 Å². The lowest BCUT2D eigenvalue weighted by atomic mass is 10.1. The van der Waals surface area contributed by atoms with Crippen molar-refractivity contribution in [1.82, 2.24) is 9.55 Å². The van der Waals surface area contributed by atoms with Crippen LogP contribution in [0.1, 0.15) is 46.0 Å². The second kappa shape index (κ2) is 6.31. The molecule has 0 atom stereocenters. The van der Waals surface area contributed by atoms with Crippen LogP contribution in [0.2, 0.25) is 0 Å². The normalized spacial score (nSPS) is 12.0. The molecule has 0 aliphatic heterocycles. The number of ether oxygens (including phenoxy) is 1. The van der Waals surface area contributed by atoms with E-state index in [1.807, 2.05) is 18.6 Å². The molecule has 0 spiro atoms. The SMILES string of the molecule is Cc1[nH]c(C(=O)N=c2sccn2C)c(C)c1C(=O)OC(C)C. The lowest BCUT2D eigenvalue weighted by Gasteiger charge is -2.08. The number of aromatic amines is 1. The van der Waals surface area contributed by atoms with Crippen LogP contribution >= 0.6 is 11.3 Å². The van der Waals surface area contributed by atoms with E-state index in [4.69, 9.17) is 4.74 Å². The van der Waals surface area contributed by atoms with Crippen molar-refractivity contribution in [2.45, 2.75) is 33.8 Å². The van der Waals surface area contributed by atoms with Crippen molar-refractivity contribution in [2.75, 3.05) is 0 Å². The minimum absolute atomic E-state index is 0.213. The number of amides is 1. The molecule has 2 heterocycles. The average Bonchev–Trinajstić information content (AvgIpc) is 2.93. The Hall–Kier alpha value is -2.15. The first-order chi connectivity index (χ1) is 10.3. The van der Waals surface area contributed by atoms with E-state index in [1.54, 1.807) is 32.3 Å². The highest BCUT2D eigenvalue weighted by molar-refractivity contribution is 7.07. The molecule has 2 aromatic heterocycles. The Morgan fingerprint density at radius 2 is 2.05 bits per heavy atom. The number of esters is 1. The Balaban J connectivity index is 2.40. The van der Waals surface area contributed by atoms with E-state index in [2.05, 4.69) is 9.98 Å². The van der Waals surface area contributed by atoms with Crippen molar-refractivity contribution in [3.8, 4) is 0 Å². The number of hydrogen-bond acceptors (Lipinski definition) is 4. The molecule has 0 unspecified atom stereocenters. The summed E-state index contributed by atoms with van der Waals surface area (Å²) in [5, 5.41) is 1.85. The largest absolute Gasteiger partial charge is 0.459 e. The molecule has 1 amide bonds. The smallest absolute Gasteiger partial charge is 0.340 e. The molecule has 0 radical (unpaired) electrons. The lowest BCUT2D eigenvalue weighted by molar-refractivity contribution is 0.0376. The molecule has 0 bridgehead atoms. The van der Waals surface area contributed by atoms with Crippen LogP contribution in [-0.4, -0.2) is 27.5 Å². The molecule has 6 nitrogen and oxygen atoms in total. The average molecular weight is 321 g/mol. The van der Waals surface area contributed by atoms with Crippen molar-refractivity contribution in [3.05, 3.63) is 38.9 Å². The molecule has 2 aromatic rings. The summed E-state index contributed by atoms with van der Waals surface area (Å²) in [5.74, 6) is -0.829. The highest BCUT2D eigenvalue weighted by Gasteiger charge is 2.23. The number of carbonyl (C=O) groups excluding carboxylic acids is 2. The van der Waals surface area contributed by atoms with Gasteiger partial charge in [0.2, 0.25) is 0 Å². The molecule has 2 rings (SSSR count). The van der Waals surface area contributed by atoms with Crippen LogP contribution in [0.4, 0.5) is 0 Å². The quantitative estimate of drug-likeness (QED) is 0.882. The number of aromatic nitrogens is 2. The molecule has 0 saturated heterocycles. The molecule has 7 heteroatoms. The van der Waals surface area contributed by atoms with Crippen LogP contribution in [0.15, 0.2) is 16.6 Å². The van der Waals surface area contributed by atoms with Gasteiger partial charge in [0.1, 0.15) is 5.69 Å². The predicted octanol–water partition coefficient (Wildman–Crippen LogP) is 2.34. The number of nitrogens with one attached hydrogen (secondary N) is 1. The number of aryl methyl sites for hydroxylation is 2. The molecule has 0 saturated carbocycles. The van der Waals surface area contributed by atoms with Gasteiger partial charge in [-0.1, -0.05) is 0 Å². The van der Waals surface area contributed by atoms with Crippen LogP contribution < -0.4 is 4.80 Å². The van der Waals surface area contributed by atoms with Crippen molar-refractivity contribution in [3.63, 3.8) is 0 Å². The first-order valence-electron chi connectivity index (χ1n) is 6.90. The highest BCUT2D eigenvalue weighted by atomic mass is 32.1. The Bertz CT molecular complexity index is 780. The molecule has 1 N–H and O–H groups in total. The van der Waals surface area contributed by atoms with Gasteiger partial charge in [-0.15, -0.1) is 11.3 Å². The van der Waals surface area contributed by atoms with E-state index < -0.39 is 11.9 Å². The summed E-state index contributed by atoms with van der Waals surface area (Å²) >= 11 is 1.37. The van der Waals surface area contributed by atoms with Gasteiger partial charge in [0.05, 0.1) is 11.7 Å². The summed E-state index contributed by atoms with van der Waals surface area (Å²) < 4.78 is 6.98. The van der Waals surface area contributed by atoms with Crippen LogP contribution in [0.3, 0.4) is 0 Å². The topological polar surface area (TPSA) is 76.5 Å². The summed E-state index contributed by atoms with van der Waals surface area (Å²) in [5.41, 5.74) is 1.90. The van der Waals surface area contributed by atoms with Gasteiger partial charge in [0, 0.05) is 24.3 Å². The van der Waals surface area contributed by atoms with Crippen LogP contribution in [0, 0.1) is 13.8 Å². The maximum Gasteiger partial charge on any atom is 0.340 e. The molecular weight excluding hydrogens is 302 g/mol. The van der Waals surface area contributed by atoms with Gasteiger partial charge in [-0.3, -0.25) is 4.79 Å². The molecular formula is C15H19N3O3S. The van der Waals surface area contributed by atoms with Gasteiger partial charge >= 0.3 is 5.97 Å².